The molecule has 0 unspecified atom stereocenters. The zero-order chi connectivity index (χ0) is 17.4. The molecule has 2 aromatic heterocycles. The van der Waals surface area contributed by atoms with Crippen LogP contribution in [-0.2, 0) is 4.79 Å². The lowest BCUT2D eigenvalue weighted by Gasteiger charge is -2.31. The zero-order valence-corrected chi connectivity index (χ0v) is 13.7. The Kier molecular flexibility index (Phi) is 4.01. The fraction of sp³-hybridized carbons (Fsp3) is 0.333. The Morgan fingerprint density at radius 2 is 2.16 bits per heavy atom. The van der Waals surface area contributed by atoms with Crippen LogP contribution in [-0.4, -0.2) is 50.4 Å². The lowest BCUT2D eigenvalue weighted by molar-refractivity contribution is -0.135. The molecule has 130 valence electrons. The molecule has 0 atom stereocenters. The van der Waals surface area contributed by atoms with Gasteiger partial charge in [0, 0.05) is 47.5 Å². The highest BCUT2D eigenvalue weighted by Gasteiger charge is 2.24. The average molecular weight is 342 g/mol. The molecule has 3 heterocycles. The molecule has 0 spiro atoms. The Hall–Kier alpha value is -2.67. The highest BCUT2D eigenvalue weighted by Crippen LogP contribution is 2.30. The Labute approximate surface area is 143 Å². The van der Waals surface area contributed by atoms with E-state index in [0.29, 0.717) is 13.1 Å². The molecule has 1 saturated heterocycles. The van der Waals surface area contributed by atoms with Crippen molar-refractivity contribution in [2.45, 2.75) is 18.9 Å². The van der Waals surface area contributed by atoms with E-state index in [1.54, 1.807) is 11.0 Å². The number of rotatable bonds is 3. The van der Waals surface area contributed by atoms with Crippen molar-refractivity contribution in [1.29, 1.82) is 0 Å². The van der Waals surface area contributed by atoms with Crippen LogP contribution in [0.5, 0.6) is 0 Å². The minimum atomic E-state index is -0.433. The number of carbonyl (C=O) groups is 1. The van der Waals surface area contributed by atoms with Crippen LogP contribution in [0.1, 0.15) is 18.9 Å². The van der Waals surface area contributed by atoms with Crippen molar-refractivity contribution >= 4 is 16.8 Å². The number of nitrogens with zero attached hydrogens (tertiary/aromatic N) is 3. The van der Waals surface area contributed by atoms with Crippen molar-refractivity contribution < 1.29 is 14.3 Å². The second kappa shape index (κ2) is 6.33. The second-order valence-corrected chi connectivity index (χ2v) is 6.37. The van der Waals surface area contributed by atoms with Gasteiger partial charge in [0.25, 0.3) is 0 Å². The minimum absolute atomic E-state index is 0.217. The van der Waals surface area contributed by atoms with Gasteiger partial charge < -0.3 is 15.0 Å². The molecule has 1 aliphatic heterocycles. The Bertz CT molecular complexity index is 909. The van der Waals surface area contributed by atoms with Gasteiger partial charge in [-0.1, -0.05) is 0 Å². The molecule has 0 aliphatic carbocycles. The Morgan fingerprint density at radius 1 is 1.36 bits per heavy atom. The zero-order valence-electron chi connectivity index (χ0n) is 13.7. The third kappa shape index (κ3) is 2.91. The number of aromatic nitrogens is 3. The SMILES string of the molecule is O=C(CO)N1CCC(n2cc(-c3c[nH]c4cc(F)ccc34)cn2)CC1. The quantitative estimate of drug-likeness (QED) is 0.767. The smallest absolute Gasteiger partial charge is 0.248 e. The monoisotopic (exact) mass is 342 g/mol. The maximum absolute atomic E-state index is 13.3. The lowest BCUT2D eigenvalue weighted by Crippen LogP contribution is -2.40. The largest absolute Gasteiger partial charge is 0.387 e. The van der Waals surface area contributed by atoms with Gasteiger partial charge >= 0.3 is 0 Å². The third-order valence-electron chi connectivity index (χ3n) is 4.88. The molecule has 7 heteroatoms. The van der Waals surface area contributed by atoms with Crippen LogP contribution in [0.25, 0.3) is 22.0 Å². The first-order chi connectivity index (χ1) is 12.2. The minimum Gasteiger partial charge on any atom is -0.387 e. The van der Waals surface area contributed by atoms with E-state index in [2.05, 4.69) is 10.1 Å². The lowest BCUT2D eigenvalue weighted by atomic mass is 10.0. The summed E-state index contributed by atoms with van der Waals surface area (Å²) in [4.78, 5) is 16.3. The fourth-order valence-electron chi connectivity index (χ4n) is 3.49. The Balaban J connectivity index is 1.53. The van der Waals surface area contributed by atoms with E-state index in [1.165, 1.54) is 12.1 Å². The second-order valence-electron chi connectivity index (χ2n) is 6.37. The van der Waals surface area contributed by atoms with E-state index in [4.69, 9.17) is 5.11 Å². The summed E-state index contributed by atoms with van der Waals surface area (Å²) in [5, 5.41) is 14.4. The first-order valence-electron chi connectivity index (χ1n) is 8.35. The summed E-state index contributed by atoms with van der Waals surface area (Å²) in [6.45, 7) is 0.828. The highest BCUT2D eigenvalue weighted by molar-refractivity contribution is 5.95. The van der Waals surface area contributed by atoms with Crippen molar-refractivity contribution in [1.82, 2.24) is 19.7 Å². The van der Waals surface area contributed by atoms with Crippen LogP contribution in [0.15, 0.2) is 36.8 Å². The predicted octanol–water partition coefficient (Wildman–Crippen LogP) is 2.33. The van der Waals surface area contributed by atoms with E-state index in [9.17, 15) is 9.18 Å². The molecular formula is C18H19FN4O2. The topological polar surface area (TPSA) is 74.2 Å². The molecule has 0 saturated carbocycles. The van der Waals surface area contributed by atoms with E-state index < -0.39 is 6.61 Å². The van der Waals surface area contributed by atoms with Gasteiger partial charge in [-0.25, -0.2) is 4.39 Å². The highest BCUT2D eigenvalue weighted by atomic mass is 19.1. The molecule has 1 aromatic carbocycles. The third-order valence-corrected chi connectivity index (χ3v) is 4.88. The van der Waals surface area contributed by atoms with E-state index >= 15 is 0 Å². The van der Waals surface area contributed by atoms with Crippen LogP contribution in [0.3, 0.4) is 0 Å². The molecule has 1 amide bonds. The van der Waals surface area contributed by atoms with Crippen LogP contribution in [0.4, 0.5) is 4.39 Å². The number of piperidine rings is 1. The van der Waals surface area contributed by atoms with Crippen molar-refractivity contribution in [2.24, 2.45) is 0 Å². The molecule has 25 heavy (non-hydrogen) atoms. The summed E-state index contributed by atoms with van der Waals surface area (Å²) in [5.41, 5.74) is 2.74. The molecule has 1 fully saturated rings. The van der Waals surface area contributed by atoms with Crippen LogP contribution in [0, 0.1) is 5.82 Å². The van der Waals surface area contributed by atoms with Crippen LogP contribution < -0.4 is 0 Å². The summed E-state index contributed by atoms with van der Waals surface area (Å²) in [6, 6.07) is 4.95. The van der Waals surface area contributed by atoms with Crippen molar-refractivity contribution in [3.05, 3.63) is 42.6 Å². The normalized spacial score (nSPS) is 15.8. The molecule has 0 radical (unpaired) electrons. The van der Waals surface area contributed by atoms with E-state index in [-0.39, 0.29) is 17.8 Å². The number of likely N-dealkylation sites (tertiary alicyclic amines) is 1. The number of hydrogen-bond acceptors (Lipinski definition) is 3. The van der Waals surface area contributed by atoms with Gasteiger partial charge in [-0.2, -0.15) is 5.10 Å². The number of halogens is 1. The van der Waals surface area contributed by atoms with Gasteiger partial charge in [-0.15, -0.1) is 0 Å². The summed E-state index contributed by atoms with van der Waals surface area (Å²) < 4.78 is 15.3. The van der Waals surface area contributed by atoms with Gasteiger partial charge in [0.1, 0.15) is 12.4 Å². The number of amides is 1. The van der Waals surface area contributed by atoms with Gasteiger partial charge in [-0.05, 0) is 31.0 Å². The number of aliphatic hydroxyl groups excluding tert-OH is 1. The van der Waals surface area contributed by atoms with Crippen molar-refractivity contribution in [3.8, 4) is 11.1 Å². The molecular weight excluding hydrogens is 323 g/mol. The van der Waals surface area contributed by atoms with Crippen LogP contribution >= 0.6 is 0 Å². The first-order valence-corrected chi connectivity index (χ1v) is 8.35. The summed E-state index contributed by atoms with van der Waals surface area (Å²) in [7, 11) is 0. The molecule has 2 N–H and O–H groups in total. The molecule has 0 bridgehead atoms. The van der Waals surface area contributed by atoms with Crippen LogP contribution in [0.2, 0.25) is 0 Å². The number of fused-ring (bicyclic) bond motifs is 1. The number of benzene rings is 1. The maximum atomic E-state index is 13.3. The molecule has 1 aliphatic rings. The van der Waals surface area contributed by atoms with E-state index in [1.807, 2.05) is 23.3 Å². The number of nitrogens with one attached hydrogen (secondary N) is 1. The molecule has 3 aromatic rings. The first kappa shape index (κ1) is 15.8. The van der Waals surface area contributed by atoms with Crippen molar-refractivity contribution in [3.63, 3.8) is 0 Å². The summed E-state index contributed by atoms with van der Waals surface area (Å²) in [5.74, 6) is -0.480. The van der Waals surface area contributed by atoms with E-state index in [0.717, 1.165) is 34.9 Å². The number of hydrogen-bond donors (Lipinski definition) is 2. The average Bonchev–Trinajstić information content (AvgIpc) is 3.27. The molecule has 4 rings (SSSR count). The van der Waals surface area contributed by atoms with Crippen molar-refractivity contribution in [2.75, 3.05) is 19.7 Å². The van der Waals surface area contributed by atoms with Gasteiger partial charge in [-0.3, -0.25) is 9.48 Å². The number of aromatic amines is 1. The predicted molar refractivity (Wildman–Crippen MR) is 91.4 cm³/mol. The number of H-pyrrole nitrogens is 1. The maximum Gasteiger partial charge on any atom is 0.248 e. The Morgan fingerprint density at radius 3 is 2.92 bits per heavy atom. The van der Waals surface area contributed by atoms with Gasteiger partial charge in [0.15, 0.2) is 0 Å². The number of carbonyl (C=O) groups excluding carboxylic acids is 1. The van der Waals surface area contributed by atoms with Gasteiger partial charge in [0.05, 0.1) is 12.2 Å². The van der Waals surface area contributed by atoms with Gasteiger partial charge in [0.2, 0.25) is 5.91 Å². The number of aliphatic hydroxyl groups is 1. The fourth-order valence-corrected chi connectivity index (χ4v) is 3.49. The molecule has 6 nitrogen and oxygen atoms in total. The summed E-state index contributed by atoms with van der Waals surface area (Å²) in [6.07, 6.45) is 7.31. The summed E-state index contributed by atoms with van der Waals surface area (Å²) >= 11 is 0. The standard InChI is InChI=1S/C18H19FN4O2/c19-13-1-2-15-16(9-20-17(15)7-13)12-8-21-23(10-12)14-3-5-22(6-4-14)18(25)11-24/h1-2,7-10,14,20,24H,3-6,11H2.